The van der Waals surface area contributed by atoms with E-state index in [2.05, 4.69) is 17.2 Å². The lowest BCUT2D eigenvalue weighted by Crippen LogP contribution is -2.27. The van der Waals surface area contributed by atoms with Crippen LogP contribution in [0.5, 0.6) is 0 Å². The second-order valence-electron chi connectivity index (χ2n) is 5.13. The number of H-pyrrole nitrogens is 1. The summed E-state index contributed by atoms with van der Waals surface area (Å²) in [5, 5.41) is 3.91. The number of ether oxygens (including phenoxy) is 1. The van der Waals surface area contributed by atoms with Crippen molar-refractivity contribution >= 4 is 10.9 Å². The van der Waals surface area contributed by atoms with Crippen LogP contribution in [-0.2, 0) is 11.2 Å². The molecule has 3 aromatic rings. The number of para-hydroxylation sites is 1. The van der Waals surface area contributed by atoms with Crippen molar-refractivity contribution in [3.8, 4) is 0 Å². The molecule has 2 aromatic carbocycles. The Labute approximate surface area is 123 Å². The summed E-state index contributed by atoms with van der Waals surface area (Å²) in [5.41, 5.74) is 2.05. The van der Waals surface area contributed by atoms with Gasteiger partial charge in [-0.15, -0.1) is 0 Å². The van der Waals surface area contributed by atoms with Gasteiger partial charge in [-0.25, -0.2) is 4.68 Å². The van der Waals surface area contributed by atoms with Gasteiger partial charge in [-0.1, -0.05) is 42.5 Å². The summed E-state index contributed by atoms with van der Waals surface area (Å²) in [5.74, 6) is 0. The predicted octanol–water partition coefficient (Wildman–Crippen LogP) is 2.76. The van der Waals surface area contributed by atoms with Gasteiger partial charge < -0.3 is 4.74 Å². The van der Waals surface area contributed by atoms with Gasteiger partial charge in [0.2, 0.25) is 0 Å². The minimum absolute atomic E-state index is 0.00332. The molecule has 1 unspecified atom stereocenters. The lowest BCUT2D eigenvalue weighted by atomic mass is 10.1. The van der Waals surface area contributed by atoms with E-state index in [1.54, 1.807) is 11.8 Å². The maximum Gasteiger partial charge on any atom is 0.274 e. The highest BCUT2D eigenvalue weighted by molar-refractivity contribution is 5.77. The summed E-state index contributed by atoms with van der Waals surface area (Å²) in [4.78, 5) is 12.5. The Kier molecular flexibility index (Phi) is 3.88. The number of rotatable bonds is 5. The number of aromatic nitrogens is 2. The number of benzene rings is 2. The van der Waals surface area contributed by atoms with Gasteiger partial charge in [0.25, 0.3) is 5.56 Å². The largest absolute Gasteiger partial charge is 0.382 e. The van der Waals surface area contributed by atoms with Crippen LogP contribution in [-0.4, -0.2) is 23.5 Å². The molecular weight excluding hydrogens is 264 g/mol. The molecule has 0 aliphatic carbocycles. The lowest BCUT2D eigenvalue weighted by molar-refractivity contribution is 0.148. The highest BCUT2D eigenvalue weighted by atomic mass is 16.5. The van der Waals surface area contributed by atoms with E-state index in [-0.39, 0.29) is 11.6 Å². The predicted molar refractivity (Wildman–Crippen MR) is 83.6 cm³/mol. The number of aromatic amines is 1. The highest BCUT2D eigenvalue weighted by Gasteiger charge is 2.16. The molecular formula is C17H18N2O2. The fourth-order valence-corrected chi connectivity index (χ4v) is 2.64. The molecule has 4 heteroatoms. The molecule has 0 saturated heterocycles. The van der Waals surface area contributed by atoms with Crippen LogP contribution in [0.4, 0.5) is 0 Å². The third kappa shape index (κ3) is 2.76. The van der Waals surface area contributed by atoms with Gasteiger partial charge in [0.05, 0.1) is 23.6 Å². The summed E-state index contributed by atoms with van der Waals surface area (Å²) >= 11 is 0. The van der Waals surface area contributed by atoms with Crippen molar-refractivity contribution in [2.75, 3.05) is 13.7 Å². The van der Waals surface area contributed by atoms with E-state index in [1.807, 2.05) is 42.5 Å². The Bertz CT molecular complexity index is 774. The van der Waals surface area contributed by atoms with E-state index in [0.29, 0.717) is 12.0 Å². The fourth-order valence-electron chi connectivity index (χ4n) is 2.64. The zero-order chi connectivity index (χ0) is 14.7. The molecule has 1 heterocycles. The highest BCUT2D eigenvalue weighted by Crippen LogP contribution is 2.15. The molecule has 0 bridgehead atoms. The van der Waals surface area contributed by atoms with Crippen LogP contribution in [0.2, 0.25) is 0 Å². The van der Waals surface area contributed by atoms with Crippen LogP contribution in [0.15, 0.2) is 59.4 Å². The molecule has 21 heavy (non-hydrogen) atoms. The average molecular weight is 282 g/mol. The van der Waals surface area contributed by atoms with E-state index in [4.69, 9.17) is 4.74 Å². The summed E-state index contributed by atoms with van der Waals surface area (Å²) in [6.45, 7) is 0.488. The lowest BCUT2D eigenvalue weighted by Gasteiger charge is -2.17. The van der Waals surface area contributed by atoms with Gasteiger partial charge in [0.15, 0.2) is 0 Å². The molecule has 0 aliphatic rings. The molecule has 0 spiro atoms. The van der Waals surface area contributed by atoms with Crippen LogP contribution in [0.3, 0.4) is 0 Å². The standard InChI is InChI=1S/C17H18N2O2/c1-21-12-14(11-13-7-3-2-4-8-13)19-17(20)15-9-5-6-10-16(15)18-19/h2-10,14,18H,11-12H2,1H3. The van der Waals surface area contributed by atoms with Crippen molar-refractivity contribution in [2.24, 2.45) is 0 Å². The van der Waals surface area contributed by atoms with E-state index in [0.717, 1.165) is 11.9 Å². The summed E-state index contributed by atoms with van der Waals surface area (Å²) in [7, 11) is 1.66. The van der Waals surface area contributed by atoms with Gasteiger partial charge in [-0.3, -0.25) is 9.89 Å². The Hall–Kier alpha value is -2.33. The number of hydrogen-bond acceptors (Lipinski definition) is 2. The van der Waals surface area contributed by atoms with Crippen molar-refractivity contribution in [3.05, 3.63) is 70.5 Å². The summed E-state index contributed by atoms with van der Waals surface area (Å²) in [6, 6.07) is 17.7. The normalized spacial score (nSPS) is 12.6. The first-order chi connectivity index (χ1) is 10.3. The Balaban J connectivity index is 1.99. The summed E-state index contributed by atoms with van der Waals surface area (Å²) in [6.07, 6.45) is 0.751. The van der Waals surface area contributed by atoms with Gasteiger partial charge in [0.1, 0.15) is 0 Å². The van der Waals surface area contributed by atoms with E-state index < -0.39 is 0 Å². The molecule has 0 amide bonds. The van der Waals surface area contributed by atoms with Crippen molar-refractivity contribution in [2.45, 2.75) is 12.5 Å². The second kappa shape index (κ2) is 5.97. The average Bonchev–Trinajstić information content (AvgIpc) is 2.85. The molecule has 108 valence electrons. The number of methoxy groups -OCH3 is 1. The van der Waals surface area contributed by atoms with Gasteiger partial charge in [-0.2, -0.15) is 0 Å². The first-order valence-electron chi connectivity index (χ1n) is 7.01. The minimum Gasteiger partial charge on any atom is -0.382 e. The molecule has 0 fully saturated rings. The second-order valence-corrected chi connectivity index (χ2v) is 5.13. The number of nitrogens with one attached hydrogen (secondary N) is 1. The maximum absolute atomic E-state index is 12.5. The van der Waals surface area contributed by atoms with E-state index in [9.17, 15) is 4.79 Å². The molecule has 4 nitrogen and oxygen atoms in total. The quantitative estimate of drug-likeness (QED) is 0.782. The Morgan fingerprint density at radius 1 is 1.10 bits per heavy atom. The third-order valence-electron chi connectivity index (χ3n) is 3.66. The maximum atomic E-state index is 12.5. The Morgan fingerprint density at radius 3 is 2.52 bits per heavy atom. The molecule has 1 N–H and O–H groups in total. The fraction of sp³-hybridized carbons (Fsp3) is 0.235. The first kappa shape index (κ1) is 13.6. The number of fused-ring (bicyclic) bond motifs is 1. The van der Waals surface area contributed by atoms with Gasteiger partial charge in [-0.05, 0) is 24.1 Å². The molecule has 1 aromatic heterocycles. The van der Waals surface area contributed by atoms with Crippen molar-refractivity contribution in [1.82, 2.24) is 9.78 Å². The van der Waals surface area contributed by atoms with Crippen LogP contribution in [0.1, 0.15) is 11.6 Å². The first-order valence-corrected chi connectivity index (χ1v) is 7.01. The van der Waals surface area contributed by atoms with Gasteiger partial charge in [0, 0.05) is 7.11 Å². The number of hydrogen-bond donors (Lipinski definition) is 1. The van der Waals surface area contributed by atoms with Crippen LogP contribution < -0.4 is 5.56 Å². The zero-order valence-electron chi connectivity index (χ0n) is 12.0. The van der Waals surface area contributed by atoms with Crippen molar-refractivity contribution in [3.63, 3.8) is 0 Å². The molecule has 0 saturated carbocycles. The molecule has 3 rings (SSSR count). The van der Waals surface area contributed by atoms with E-state index >= 15 is 0 Å². The summed E-state index contributed by atoms with van der Waals surface area (Å²) < 4.78 is 6.98. The topological polar surface area (TPSA) is 47.0 Å². The van der Waals surface area contributed by atoms with Crippen LogP contribution in [0.25, 0.3) is 10.9 Å². The molecule has 1 atom stereocenters. The molecule has 0 aliphatic heterocycles. The minimum atomic E-state index is -0.0442. The SMILES string of the molecule is COCC(Cc1ccccc1)n1[nH]c2ccccc2c1=O. The van der Waals surface area contributed by atoms with E-state index in [1.165, 1.54) is 5.56 Å². The molecule has 0 radical (unpaired) electrons. The van der Waals surface area contributed by atoms with Crippen LogP contribution in [0, 0.1) is 0 Å². The monoisotopic (exact) mass is 282 g/mol. The van der Waals surface area contributed by atoms with Crippen LogP contribution >= 0.6 is 0 Å². The Morgan fingerprint density at radius 2 is 1.81 bits per heavy atom. The smallest absolute Gasteiger partial charge is 0.274 e. The third-order valence-corrected chi connectivity index (χ3v) is 3.66. The van der Waals surface area contributed by atoms with Crippen molar-refractivity contribution < 1.29 is 4.74 Å². The van der Waals surface area contributed by atoms with Gasteiger partial charge >= 0.3 is 0 Å². The van der Waals surface area contributed by atoms with Crippen molar-refractivity contribution in [1.29, 1.82) is 0 Å². The number of nitrogens with zero attached hydrogens (tertiary/aromatic N) is 1. The zero-order valence-corrected chi connectivity index (χ0v) is 12.0.